The third-order valence-electron chi connectivity index (χ3n) is 5.45. The number of aliphatic imine (C=N–C) groups is 1. The predicted octanol–water partition coefficient (Wildman–Crippen LogP) is 4.52. The lowest BCUT2D eigenvalue weighted by atomic mass is 9.90. The van der Waals surface area contributed by atoms with Gasteiger partial charge < -0.3 is 15.2 Å². The van der Waals surface area contributed by atoms with Gasteiger partial charge in [0.1, 0.15) is 12.4 Å². The van der Waals surface area contributed by atoms with E-state index in [0.717, 1.165) is 55.0 Å². The maximum atomic E-state index is 6.44. The van der Waals surface area contributed by atoms with E-state index in [1.807, 2.05) is 30.5 Å². The van der Waals surface area contributed by atoms with E-state index in [0.29, 0.717) is 6.61 Å². The summed E-state index contributed by atoms with van der Waals surface area (Å²) in [5.41, 5.74) is 11.9. The molecule has 0 radical (unpaired) electrons. The van der Waals surface area contributed by atoms with Crippen LogP contribution in [-0.2, 0) is 17.8 Å². The Bertz CT molecular complexity index is 852. The van der Waals surface area contributed by atoms with Gasteiger partial charge in [-0.15, -0.1) is 0 Å². The second kappa shape index (κ2) is 9.07. The van der Waals surface area contributed by atoms with Crippen molar-refractivity contribution in [2.45, 2.75) is 44.8 Å². The zero-order valence-electron chi connectivity index (χ0n) is 16.3. The van der Waals surface area contributed by atoms with Crippen LogP contribution in [0.2, 0.25) is 0 Å². The highest BCUT2D eigenvalue weighted by Crippen LogP contribution is 2.30. The average Bonchev–Trinajstić information content (AvgIpc) is 2.75. The molecular weight excluding hydrogens is 348 g/mol. The largest absolute Gasteiger partial charge is 0.489 e. The van der Waals surface area contributed by atoms with Gasteiger partial charge in [-0.05, 0) is 67.0 Å². The first-order chi connectivity index (χ1) is 13.8. The molecule has 1 fully saturated rings. The Hall–Kier alpha value is -2.59. The summed E-state index contributed by atoms with van der Waals surface area (Å²) < 4.78 is 11.7. The number of allylic oxidation sites excluding steroid dienone is 1. The molecule has 1 atom stereocenters. The van der Waals surface area contributed by atoms with Crippen molar-refractivity contribution in [3.63, 3.8) is 0 Å². The van der Waals surface area contributed by atoms with Crippen molar-refractivity contribution in [3.8, 4) is 5.75 Å². The molecule has 1 saturated heterocycles. The van der Waals surface area contributed by atoms with Crippen LogP contribution in [0.15, 0.2) is 59.1 Å². The van der Waals surface area contributed by atoms with Crippen LogP contribution in [0.1, 0.15) is 42.4 Å². The van der Waals surface area contributed by atoms with Gasteiger partial charge in [-0.2, -0.15) is 0 Å². The first-order valence-corrected chi connectivity index (χ1v) is 10.2. The zero-order valence-corrected chi connectivity index (χ0v) is 16.3. The normalized spacial score (nSPS) is 19.6. The van der Waals surface area contributed by atoms with E-state index < -0.39 is 0 Å². The number of rotatable bonds is 6. The van der Waals surface area contributed by atoms with Crippen LogP contribution in [0.25, 0.3) is 5.70 Å². The van der Waals surface area contributed by atoms with Gasteiger partial charge in [-0.3, -0.25) is 4.99 Å². The number of ether oxygens (including phenoxy) is 2. The Labute approximate surface area is 167 Å². The van der Waals surface area contributed by atoms with Crippen LogP contribution >= 0.6 is 0 Å². The highest BCUT2D eigenvalue weighted by atomic mass is 16.5. The number of aryl methyl sites for hydroxylation is 1. The number of nitrogens with zero attached hydrogens (tertiary/aromatic N) is 1. The molecule has 2 N–H and O–H groups in total. The van der Waals surface area contributed by atoms with Crippen LogP contribution in [0.3, 0.4) is 0 Å². The number of benzene rings is 2. The molecule has 4 rings (SSSR count). The fourth-order valence-electron chi connectivity index (χ4n) is 3.81. The molecule has 1 aliphatic heterocycles. The van der Waals surface area contributed by atoms with Gasteiger partial charge in [0.2, 0.25) is 0 Å². The molecule has 4 heteroatoms. The lowest BCUT2D eigenvalue weighted by molar-refractivity contribution is 0.0226. The molecule has 2 aliphatic rings. The fraction of sp³-hybridized carbons (Fsp3) is 0.375. The topological polar surface area (TPSA) is 56.8 Å². The summed E-state index contributed by atoms with van der Waals surface area (Å²) in [6.45, 7) is 2.18. The number of hydrogen-bond acceptors (Lipinski definition) is 4. The summed E-state index contributed by atoms with van der Waals surface area (Å²) in [7, 11) is 0. The standard InChI is InChI=1S/C24H28N2O2/c25-24-20(15-26-16-22-8-4-5-13-27-22)10-9-19-14-21(11-12-23(19)24)28-17-18-6-2-1-3-7-18/h1-3,6-7,11-12,14-15,22H,4-5,8-10,13,16-17,25H2. The lowest BCUT2D eigenvalue weighted by Crippen LogP contribution is -2.22. The monoisotopic (exact) mass is 376 g/mol. The van der Waals surface area contributed by atoms with Gasteiger partial charge in [0.15, 0.2) is 0 Å². The lowest BCUT2D eigenvalue weighted by Gasteiger charge is -2.21. The molecule has 0 spiro atoms. The summed E-state index contributed by atoms with van der Waals surface area (Å²) >= 11 is 0. The van der Waals surface area contributed by atoms with E-state index in [2.05, 4.69) is 29.3 Å². The van der Waals surface area contributed by atoms with E-state index in [4.69, 9.17) is 15.2 Å². The fourth-order valence-corrected chi connectivity index (χ4v) is 3.81. The number of nitrogens with two attached hydrogens (primary N) is 1. The smallest absolute Gasteiger partial charge is 0.120 e. The van der Waals surface area contributed by atoms with E-state index in [1.165, 1.54) is 24.0 Å². The summed E-state index contributed by atoms with van der Waals surface area (Å²) in [5, 5.41) is 0. The van der Waals surface area contributed by atoms with Crippen LogP contribution in [0, 0.1) is 0 Å². The zero-order chi connectivity index (χ0) is 19.2. The molecule has 0 bridgehead atoms. The van der Waals surface area contributed by atoms with Crippen molar-refractivity contribution < 1.29 is 9.47 Å². The molecule has 1 aliphatic carbocycles. The second-order valence-electron chi connectivity index (χ2n) is 7.51. The Kier molecular flexibility index (Phi) is 6.07. The summed E-state index contributed by atoms with van der Waals surface area (Å²) in [4.78, 5) is 4.61. The predicted molar refractivity (Wildman–Crippen MR) is 114 cm³/mol. The van der Waals surface area contributed by atoms with Crippen molar-refractivity contribution in [2.24, 2.45) is 10.7 Å². The van der Waals surface area contributed by atoms with Gasteiger partial charge in [0.25, 0.3) is 0 Å². The van der Waals surface area contributed by atoms with Crippen molar-refractivity contribution >= 4 is 11.9 Å². The minimum Gasteiger partial charge on any atom is -0.489 e. The van der Waals surface area contributed by atoms with Gasteiger partial charge >= 0.3 is 0 Å². The summed E-state index contributed by atoms with van der Waals surface area (Å²) in [6, 6.07) is 16.4. The molecule has 2 aromatic rings. The number of fused-ring (bicyclic) bond motifs is 1. The van der Waals surface area contributed by atoms with Crippen LogP contribution in [0.5, 0.6) is 5.75 Å². The SMILES string of the molecule is NC1=C(C=NCC2CCCCO2)CCc2cc(OCc3ccccc3)ccc21. The third kappa shape index (κ3) is 4.63. The maximum absolute atomic E-state index is 6.44. The second-order valence-corrected chi connectivity index (χ2v) is 7.51. The van der Waals surface area contributed by atoms with E-state index in [1.54, 1.807) is 0 Å². The van der Waals surface area contributed by atoms with Gasteiger partial charge in [0.05, 0.1) is 12.6 Å². The molecule has 0 amide bonds. The summed E-state index contributed by atoms with van der Waals surface area (Å²) in [5.74, 6) is 0.891. The molecular formula is C24H28N2O2. The van der Waals surface area contributed by atoms with Crippen molar-refractivity contribution in [2.75, 3.05) is 13.2 Å². The van der Waals surface area contributed by atoms with Crippen LogP contribution < -0.4 is 10.5 Å². The number of hydrogen-bond donors (Lipinski definition) is 1. The minimum atomic E-state index is 0.270. The first kappa shape index (κ1) is 18.8. The average molecular weight is 377 g/mol. The Morgan fingerprint density at radius 1 is 1.11 bits per heavy atom. The third-order valence-corrected chi connectivity index (χ3v) is 5.45. The van der Waals surface area contributed by atoms with E-state index in [9.17, 15) is 0 Å². The van der Waals surface area contributed by atoms with Gasteiger partial charge in [-0.25, -0.2) is 0 Å². The van der Waals surface area contributed by atoms with Crippen molar-refractivity contribution in [1.82, 2.24) is 0 Å². The highest BCUT2D eigenvalue weighted by Gasteiger charge is 2.17. The highest BCUT2D eigenvalue weighted by molar-refractivity contribution is 5.91. The molecule has 0 saturated carbocycles. The van der Waals surface area contributed by atoms with E-state index in [-0.39, 0.29) is 6.10 Å². The summed E-state index contributed by atoms with van der Waals surface area (Å²) in [6.07, 6.45) is 7.62. The molecule has 28 heavy (non-hydrogen) atoms. The molecule has 1 heterocycles. The molecule has 4 nitrogen and oxygen atoms in total. The van der Waals surface area contributed by atoms with Crippen molar-refractivity contribution in [3.05, 3.63) is 70.8 Å². The van der Waals surface area contributed by atoms with Gasteiger partial charge in [0, 0.05) is 24.1 Å². The van der Waals surface area contributed by atoms with Crippen LogP contribution in [0.4, 0.5) is 0 Å². The minimum absolute atomic E-state index is 0.270. The van der Waals surface area contributed by atoms with Crippen molar-refractivity contribution in [1.29, 1.82) is 0 Å². The molecule has 2 aromatic carbocycles. The maximum Gasteiger partial charge on any atom is 0.120 e. The molecule has 146 valence electrons. The van der Waals surface area contributed by atoms with Gasteiger partial charge in [-0.1, -0.05) is 30.3 Å². The van der Waals surface area contributed by atoms with Crippen LogP contribution in [-0.4, -0.2) is 25.5 Å². The Morgan fingerprint density at radius 3 is 2.82 bits per heavy atom. The Morgan fingerprint density at radius 2 is 2.00 bits per heavy atom. The molecule has 1 unspecified atom stereocenters. The quantitative estimate of drug-likeness (QED) is 0.754. The Balaban J connectivity index is 1.40. The molecule has 0 aromatic heterocycles. The first-order valence-electron chi connectivity index (χ1n) is 10.2. The van der Waals surface area contributed by atoms with E-state index >= 15 is 0 Å².